The molecule has 0 amide bonds. The predicted molar refractivity (Wildman–Crippen MR) is 148 cm³/mol. The van der Waals surface area contributed by atoms with Gasteiger partial charge < -0.3 is 38.3 Å². The lowest BCUT2D eigenvalue weighted by Crippen LogP contribution is -2.18. The van der Waals surface area contributed by atoms with Gasteiger partial charge in [0.25, 0.3) is 0 Å². The Hall–Kier alpha value is -0.320. The Balaban J connectivity index is 3.46. The molecule has 0 radical (unpaired) electrons. The van der Waals surface area contributed by atoms with Crippen LogP contribution in [0.4, 0.5) is 0 Å². The second-order valence-corrected chi connectivity index (χ2v) is 9.30. The van der Waals surface area contributed by atoms with E-state index < -0.39 is 0 Å². The van der Waals surface area contributed by atoms with Crippen molar-refractivity contribution in [2.45, 2.75) is 97.0 Å². The maximum absolute atomic E-state index is 8.58. The molecule has 0 aliphatic carbocycles. The summed E-state index contributed by atoms with van der Waals surface area (Å²) in [6, 6.07) is 0. The molecule has 1 N–H and O–H groups in total. The van der Waals surface area contributed by atoms with Crippen molar-refractivity contribution in [3.63, 3.8) is 0 Å². The van der Waals surface area contributed by atoms with Crippen LogP contribution in [0.5, 0.6) is 0 Å². The third-order valence-corrected chi connectivity index (χ3v) is 5.94. The lowest BCUT2D eigenvalue weighted by atomic mass is 10.0. The first-order valence-electron chi connectivity index (χ1n) is 15.0. The molecule has 0 aromatic rings. The van der Waals surface area contributed by atoms with Gasteiger partial charge in [-0.1, -0.05) is 78.1 Å². The molecule has 0 aromatic carbocycles. The van der Waals surface area contributed by atoms with E-state index in [-0.39, 0.29) is 6.61 Å². The van der Waals surface area contributed by atoms with Crippen LogP contribution in [0.1, 0.15) is 90.9 Å². The zero-order valence-electron chi connectivity index (χ0n) is 24.3. The van der Waals surface area contributed by atoms with Crippen molar-refractivity contribution in [3.8, 4) is 0 Å². The van der Waals surface area contributed by atoms with Gasteiger partial charge in [0.1, 0.15) is 0 Å². The van der Waals surface area contributed by atoms with Crippen molar-refractivity contribution < 1.29 is 38.3 Å². The average molecular weight is 537 g/mol. The molecule has 0 aliphatic rings. The van der Waals surface area contributed by atoms with Gasteiger partial charge in [-0.05, 0) is 12.8 Å². The van der Waals surface area contributed by atoms with Gasteiger partial charge in [-0.15, -0.1) is 0 Å². The lowest BCUT2D eigenvalue weighted by Gasteiger charge is -2.18. The van der Waals surface area contributed by atoms with Crippen LogP contribution in [0.15, 0.2) is 0 Å². The Morgan fingerprint density at radius 1 is 0.405 bits per heavy atom. The molecule has 0 rings (SSSR count). The van der Waals surface area contributed by atoms with Gasteiger partial charge in [0.2, 0.25) is 0 Å². The molecule has 224 valence electrons. The topological polar surface area (TPSA) is 84.8 Å². The molecule has 0 fully saturated rings. The van der Waals surface area contributed by atoms with E-state index in [2.05, 4.69) is 13.8 Å². The van der Waals surface area contributed by atoms with Crippen LogP contribution in [0, 0.1) is 0 Å². The van der Waals surface area contributed by atoms with Crippen molar-refractivity contribution in [2.75, 3.05) is 92.5 Å². The first kappa shape index (κ1) is 36.7. The molecule has 0 spiro atoms. The largest absolute Gasteiger partial charge is 0.394 e. The third-order valence-electron chi connectivity index (χ3n) is 5.94. The summed E-state index contributed by atoms with van der Waals surface area (Å²) in [6.07, 6.45) is 15.9. The molecule has 0 heterocycles. The summed E-state index contributed by atoms with van der Waals surface area (Å²) in [5.41, 5.74) is 0. The van der Waals surface area contributed by atoms with E-state index in [4.69, 9.17) is 38.3 Å². The van der Waals surface area contributed by atoms with Gasteiger partial charge in [-0.3, -0.25) is 0 Å². The lowest BCUT2D eigenvalue weighted by molar-refractivity contribution is -0.0298. The molecule has 0 saturated heterocycles. The average Bonchev–Trinajstić information content (AvgIpc) is 2.91. The molecule has 8 heteroatoms. The Morgan fingerprint density at radius 3 is 1.14 bits per heavy atom. The van der Waals surface area contributed by atoms with E-state index in [1.165, 1.54) is 77.0 Å². The molecule has 0 saturated carbocycles. The zero-order valence-corrected chi connectivity index (χ0v) is 24.3. The first-order valence-corrected chi connectivity index (χ1v) is 15.0. The molecular weight excluding hydrogens is 476 g/mol. The number of ether oxygens (including phenoxy) is 7. The van der Waals surface area contributed by atoms with Crippen molar-refractivity contribution >= 4 is 0 Å². The van der Waals surface area contributed by atoms with Crippen LogP contribution < -0.4 is 0 Å². The number of hydrogen-bond acceptors (Lipinski definition) is 8. The Morgan fingerprint density at radius 2 is 0.730 bits per heavy atom. The molecule has 37 heavy (non-hydrogen) atoms. The molecule has 0 bridgehead atoms. The zero-order chi connectivity index (χ0) is 26.9. The normalized spacial score (nSPS) is 12.4. The summed E-state index contributed by atoms with van der Waals surface area (Å²) in [5, 5.41) is 8.58. The van der Waals surface area contributed by atoms with Crippen LogP contribution in [0.3, 0.4) is 0 Å². The smallest absolute Gasteiger partial charge is 0.0704 e. The van der Waals surface area contributed by atoms with Gasteiger partial charge in [0.15, 0.2) is 0 Å². The summed E-state index contributed by atoms with van der Waals surface area (Å²) in [4.78, 5) is 0. The third kappa shape index (κ3) is 31.8. The molecule has 1 atom stereocenters. The Kier molecular flexibility index (Phi) is 33.4. The van der Waals surface area contributed by atoms with E-state index in [1.807, 2.05) is 0 Å². The molecular formula is C29H60O8. The Bertz CT molecular complexity index is 400. The first-order chi connectivity index (χ1) is 18.3. The highest BCUT2D eigenvalue weighted by molar-refractivity contribution is 4.60. The molecule has 0 aromatic heterocycles. The summed E-state index contributed by atoms with van der Waals surface area (Å²) >= 11 is 0. The SMILES string of the molecule is CCCCCCCCC(CCCCCC)OCCOCCOCCOCCOCCOCCOCCO. The maximum atomic E-state index is 8.58. The number of hydrogen-bond donors (Lipinski definition) is 1. The second-order valence-electron chi connectivity index (χ2n) is 9.30. The predicted octanol–water partition coefficient (Wildman–Crippen LogP) is 5.18. The van der Waals surface area contributed by atoms with Gasteiger partial charge in [0.05, 0.1) is 98.6 Å². The highest BCUT2D eigenvalue weighted by atomic mass is 16.6. The number of rotatable bonds is 33. The van der Waals surface area contributed by atoms with E-state index in [9.17, 15) is 0 Å². The summed E-state index contributed by atoms with van der Waals surface area (Å²) in [5.74, 6) is 0. The van der Waals surface area contributed by atoms with Crippen molar-refractivity contribution in [2.24, 2.45) is 0 Å². The van der Waals surface area contributed by atoms with E-state index in [1.54, 1.807) is 0 Å². The fourth-order valence-corrected chi connectivity index (χ4v) is 3.80. The van der Waals surface area contributed by atoms with Crippen LogP contribution in [0.2, 0.25) is 0 Å². The van der Waals surface area contributed by atoms with Gasteiger partial charge in [-0.25, -0.2) is 0 Å². The van der Waals surface area contributed by atoms with Crippen molar-refractivity contribution in [1.29, 1.82) is 0 Å². The highest BCUT2D eigenvalue weighted by Crippen LogP contribution is 2.16. The Labute approximate surface area is 228 Å². The van der Waals surface area contributed by atoms with Crippen molar-refractivity contribution in [1.82, 2.24) is 0 Å². The minimum absolute atomic E-state index is 0.0382. The summed E-state index contributed by atoms with van der Waals surface area (Å²) < 4.78 is 38.7. The van der Waals surface area contributed by atoms with E-state index in [0.29, 0.717) is 92.0 Å². The van der Waals surface area contributed by atoms with Crippen LogP contribution in [-0.4, -0.2) is 104 Å². The second kappa shape index (κ2) is 33.7. The number of aliphatic hydroxyl groups is 1. The summed E-state index contributed by atoms with van der Waals surface area (Å²) in [6.45, 7) is 11.6. The number of unbranched alkanes of at least 4 members (excludes halogenated alkanes) is 8. The van der Waals surface area contributed by atoms with Crippen LogP contribution in [0.25, 0.3) is 0 Å². The fraction of sp³-hybridized carbons (Fsp3) is 1.00. The van der Waals surface area contributed by atoms with E-state index >= 15 is 0 Å². The monoisotopic (exact) mass is 536 g/mol. The molecule has 0 aliphatic heterocycles. The van der Waals surface area contributed by atoms with Gasteiger partial charge >= 0.3 is 0 Å². The maximum Gasteiger partial charge on any atom is 0.0704 e. The quantitative estimate of drug-likeness (QED) is 0.115. The molecule has 8 nitrogen and oxygen atoms in total. The minimum atomic E-state index is 0.0382. The minimum Gasteiger partial charge on any atom is -0.394 e. The number of aliphatic hydroxyl groups excluding tert-OH is 1. The van der Waals surface area contributed by atoms with E-state index in [0.717, 1.165) is 0 Å². The van der Waals surface area contributed by atoms with Crippen LogP contribution >= 0.6 is 0 Å². The fourth-order valence-electron chi connectivity index (χ4n) is 3.80. The van der Waals surface area contributed by atoms with Gasteiger partial charge in [-0.2, -0.15) is 0 Å². The van der Waals surface area contributed by atoms with Crippen molar-refractivity contribution in [3.05, 3.63) is 0 Å². The van der Waals surface area contributed by atoms with Gasteiger partial charge in [0, 0.05) is 0 Å². The summed E-state index contributed by atoms with van der Waals surface area (Å²) in [7, 11) is 0. The molecule has 1 unspecified atom stereocenters. The standard InChI is InChI=1S/C29H60O8/c1-3-5-7-9-10-12-14-29(13-11-8-6-4-2)37-28-27-36-26-25-35-24-23-34-22-21-33-20-19-32-18-17-31-16-15-30/h29-30H,3-28H2,1-2H3. The van der Waals surface area contributed by atoms with Crippen LogP contribution in [-0.2, 0) is 33.2 Å². The highest BCUT2D eigenvalue weighted by Gasteiger charge is 2.09.